The Balaban J connectivity index is 1.80. The molecule has 20 heavy (non-hydrogen) atoms. The van der Waals surface area contributed by atoms with Crippen molar-refractivity contribution in [2.24, 2.45) is 0 Å². The Bertz CT molecular complexity index is 595. The van der Waals surface area contributed by atoms with E-state index >= 15 is 0 Å². The van der Waals surface area contributed by atoms with Crippen LogP contribution in [0.1, 0.15) is 42.8 Å². The van der Waals surface area contributed by atoms with E-state index in [-0.39, 0.29) is 6.10 Å². The molecule has 0 saturated carbocycles. The minimum Gasteiger partial charge on any atom is -0.485 e. The number of fused-ring (bicyclic) bond motifs is 1. The average Bonchev–Trinajstić information content (AvgIpc) is 2.93. The van der Waals surface area contributed by atoms with Crippen molar-refractivity contribution in [3.63, 3.8) is 0 Å². The highest BCUT2D eigenvalue weighted by Gasteiger charge is 2.21. The lowest BCUT2D eigenvalue weighted by molar-refractivity contribution is 0.155. The number of nitrogens with zero attached hydrogens (tertiary/aromatic N) is 3. The highest BCUT2D eigenvalue weighted by Crippen LogP contribution is 2.35. The van der Waals surface area contributed by atoms with Gasteiger partial charge in [0.1, 0.15) is 18.7 Å². The van der Waals surface area contributed by atoms with Gasteiger partial charge in [-0.05, 0) is 43.4 Å². The molecule has 0 bridgehead atoms. The Hall–Kier alpha value is -1.88. The summed E-state index contributed by atoms with van der Waals surface area (Å²) >= 11 is 0. The Morgan fingerprint density at radius 3 is 3.20 bits per heavy atom. The molecular weight excluding hydrogens is 254 g/mol. The minimum atomic E-state index is -0.360. The van der Waals surface area contributed by atoms with E-state index in [1.165, 1.54) is 0 Å². The molecule has 0 fully saturated rings. The van der Waals surface area contributed by atoms with Crippen LogP contribution in [0.25, 0.3) is 0 Å². The number of aryl methyl sites for hydroxylation is 1. The van der Waals surface area contributed by atoms with Gasteiger partial charge in [-0.2, -0.15) is 5.10 Å². The Kier molecular flexibility index (Phi) is 3.69. The third-order valence-electron chi connectivity index (χ3n) is 3.78. The van der Waals surface area contributed by atoms with E-state index in [0.29, 0.717) is 6.61 Å². The summed E-state index contributed by atoms with van der Waals surface area (Å²) in [6, 6.07) is 5.89. The lowest BCUT2D eigenvalue weighted by atomic mass is 9.89. The largest absolute Gasteiger partial charge is 0.485 e. The molecule has 1 unspecified atom stereocenters. The molecule has 0 radical (unpaired) electrons. The smallest absolute Gasteiger partial charge is 0.164 e. The van der Waals surface area contributed by atoms with Crippen LogP contribution < -0.4 is 4.74 Å². The van der Waals surface area contributed by atoms with Gasteiger partial charge in [-0.3, -0.25) is 0 Å². The van der Waals surface area contributed by atoms with Crippen molar-refractivity contribution < 1.29 is 9.84 Å². The van der Waals surface area contributed by atoms with Gasteiger partial charge in [0.25, 0.3) is 0 Å². The van der Waals surface area contributed by atoms with Crippen molar-refractivity contribution in [2.45, 2.75) is 45.4 Å². The fraction of sp³-hybridized carbons (Fsp3) is 0.467. The van der Waals surface area contributed by atoms with Crippen LogP contribution >= 0.6 is 0 Å². The molecular formula is C15H19N3O2. The Morgan fingerprint density at radius 2 is 2.35 bits per heavy atom. The molecule has 1 aromatic heterocycles. The predicted octanol–water partition coefficient (Wildman–Crippen LogP) is 2.25. The molecule has 1 aliphatic carbocycles. The first-order valence-corrected chi connectivity index (χ1v) is 7.09. The highest BCUT2D eigenvalue weighted by molar-refractivity contribution is 5.42. The van der Waals surface area contributed by atoms with Gasteiger partial charge in [-0.1, -0.05) is 12.1 Å². The predicted molar refractivity (Wildman–Crippen MR) is 74.4 cm³/mol. The lowest BCUT2D eigenvalue weighted by Crippen LogP contribution is -2.12. The van der Waals surface area contributed by atoms with E-state index in [2.05, 4.69) is 10.1 Å². The van der Waals surface area contributed by atoms with Crippen molar-refractivity contribution in [3.8, 4) is 5.75 Å². The summed E-state index contributed by atoms with van der Waals surface area (Å²) in [5.41, 5.74) is 2.14. The molecule has 0 amide bonds. The third kappa shape index (κ3) is 2.41. The van der Waals surface area contributed by atoms with E-state index in [9.17, 15) is 5.11 Å². The van der Waals surface area contributed by atoms with Crippen molar-refractivity contribution in [1.29, 1.82) is 0 Å². The standard InChI is InChI=1S/C15H19N3O2/c1-2-18-15(16-10-17-18)9-20-14-8-4-5-11-12(14)6-3-7-13(11)19/h4-5,8,10,13,19H,2-3,6-7,9H2,1H3. The zero-order chi connectivity index (χ0) is 13.9. The van der Waals surface area contributed by atoms with Crippen LogP contribution in [0.2, 0.25) is 0 Å². The third-order valence-corrected chi connectivity index (χ3v) is 3.78. The fourth-order valence-corrected chi connectivity index (χ4v) is 2.73. The second-order valence-electron chi connectivity index (χ2n) is 5.01. The van der Waals surface area contributed by atoms with Crippen molar-refractivity contribution in [3.05, 3.63) is 41.5 Å². The summed E-state index contributed by atoms with van der Waals surface area (Å²) in [5, 5.41) is 14.2. The number of aromatic nitrogens is 3. The second-order valence-corrected chi connectivity index (χ2v) is 5.01. The van der Waals surface area contributed by atoms with Crippen molar-refractivity contribution in [2.75, 3.05) is 0 Å². The van der Waals surface area contributed by atoms with Crippen molar-refractivity contribution in [1.82, 2.24) is 14.8 Å². The van der Waals surface area contributed by atoms with Crippen LogP contribution in [0.4, 0.5) is 0 Å². The number of ether oxygens (including phenoxy) is 1. The maximum absolute atomic E-state index is 10.0. The zero-order valence-electron chi connectivity index (χ0n) is 11.6. The molecule has 3 rings (SSSR count). The first-order valence-electron chi connectivity index (χ1n) is 7.09. The molecule has 5 heteroatoms. The van der Waals surface area contributed by atoms with Crippen LogP contribution in [0, 0.1) is 0 Å². The molecule has 0 aliphatic heterocycles. The van der Waals surface area contributed by atoms with Crippen LogP contribution in [0.3, 0.4) is 0 Å². The Morgan fingerprint density at radius 1 is 1.45 bits per heavy atom. The summed E-state index contributed by atoms with van der Waals surface area (Å²) in [7, 11) is 0. The SMILES string of the molecule is CCn1ncnc1COc1cccc2c1CCCC2O. The quantitative estimate of drug-likeness (QED) is 0.928. The van der Waals surface area contributed by atoms with Gasteiger partial charge in [-0.15, -0.1) is 0 Å². The van der Waals surface area contributed by atoms with Crippen LogP contribution in [0.5, 0.6) is 5.75 Å². The van der Waals surface area contributed by atoms with Gasteiger partial charge >= 0.3 is 0 Å². The molecule has 1 aromatic carbocycles. The van der Waals surface area contributed by atoms with Crippen LogP contribution in [-0.2, 0) is 19.6 Å². The van der Waals surface area contributed by atoms with Gasteiger partial charge in [0.05, 0.1) is 6.10 Å². The van der Waals surface area contributed by atoms with Crippen LogP contribution in [0.15, 0.2) is 24.5 Å². The number of hydrogen-bond donors (Lipinski definition) is 1. The normalized spacial score (nSPS) is 17.8. The van der Waals surface area contributed by atoms with E-state index in [0.717, 1.165) is 48.5 Å². The fourth-order valence-electron chi connectivity index (χ4n) is 2.73. The molecule has 1 atom stereocenters. The molecule has 0 saturated heterocycles. The maximum atomic E-state index is 10.0. The summed E-state index contributed by atoms with van der Waals surface area (Å²) in [5.74, 6) is 1.67. The van der Waals surface area contributed by atoms with E-state index in [1.54, 1.807) is 6.33 Å². The molecule has 5 nitrogen and oxygen atoms in total. The monoisotopic (exact) mass is 273 g/mol. The summed E-state index contributed by atoms with van der Waals surface area (Å²) in [6.45, 7) is 3.21. The first kappa shape index (κ1) is 13.1. The second kappa shape index (κ2) is 5.63. The minimum absolute atomic E-state index is 0.360. The molecule has 0 spiro atoms. The zero-order valence-corrected chi connectivity index (χ0v) is 11.6. The molecule has 106 valence electrons. The van der Waals surface area contributed by atoms with Gasteiger partial charge in [0.15, 0.2) is 5.82 Å². The summed E-state index contributed by atoms with van der Waals surface area (Å²) in [4.78, 5) is 4.21. The van der Waals surface area contributed by atoms with Gasteiger partial charge in [0.2, 0.25) is 0 Å². The molecule has 1 N–H and O–H groups in total. The van der Waals surface area contributed by atoms with E-state index in [1.807, 2.05) is 29.8 Å². The first-order chi connectivity index (χ1) is 9.79. The maximum Gasteiger partial charge on any atom is 0.164 e. The van der Waals surface area contributed by atoms with Gasteiger partial charge < -0.3 is 9.84 Å². The Labute approximate surface area is 118 Å². The van der Waals surface area contributed by atoms with E-state index < -0.39 is 0 Å². The number of benzene rings is 1. The molecule has 1 heterocycles. The average molecular weight is 273 g/mol. The summed E-state index contributed by atoms with van der Waals surface area (Å²) in [6.07, 6.45) is 3.98. The topological polar surface area (TPSA) is 60.2 Å². The molecule has 2 aromatic rings. The number of aliphatic hydroxyl groups excluding tert-OH is 1. The highest BCUT2D eigenvalue weighted by atomic mass is 16.5. The number of hydrogen-bond acceptors (Lipinski definition) is 4. The molecule has 1 aliphatic rings. The van der Waals surface area contributed by atoms with Gasteiger partial charge in [0, 0.05) is 6.54 Å². The van der Waals surface area contributed by atoms with Crippen LogP contribution in [-0.4, -0.2) is 19.9 Å². The number of aliphatic hydroxyl groups is 1. The van der Waals surface area contributed by atoms with Crippen molar-refractivity contribution >= 4 is 0 Å². The number of rotatable bonds is 4. The lowest BCUT2D eigenvalue weighted by Gasteiger charge is -2.23. The summed E-state index contributed by atoms with van der Waals surface area (Å²) < 4.78 is 7.73. The van der Waals surface area contributed by atoms with Gasteiger partial charge in [-0.25, -0.2) is 9.67 Å². The van der Waals surface area contributed by atoms with E-state index in [4.69, 9.17) is 4.74 Å².